The largest absolute Gasteiger partial charge is 0.488 e. The molecule has 0 spiro atoms. The van der Waals surface area contributed by atoms with Gasteiger partial charge in [0.05, 0.1) is 12.2 Å². The smallest absolute Gasteiger partial charge is 0.408 e. The Morgan fingerprint density at radius 1 is 1.11 bits per heavy atom. The van der Waals surface area contributed by atoms with E-state index in [4.69, 9.17) is 9.47 Å². The zero-order valence-electron chi connectivity index (χ0n) is 21.9. The molecule has 2 fully saturated rings. The molecule has 9 nitrogen and oxygen atoms in total. The van der Waals surface area contributed by atoms with Crippen LogP contribution in [0.4, 0.5) is 9.18 Å². The number of benzene rings is 1. The Morgan fingerprint density at radius 3 is 2.42 bits per heavy atom. The number of rotatable bonds is 7. The third-order valence-electron chi connectivity index (χ3n) is 6.96. The van der Waals surface area contributed by atoms with Crippen molar-refractivity contribution in [2.24, 2.45) is 5.41 Å². The fourth-order valence-corrected chi connectivity index (χ4v) is 4.94. The molecule has 1 aliphatic heterocycles. The molecule has 1 saturated heterocycles. The third kappa shape index (κ3) is 6.59. The van der Waals surface area contributed by atoms with Crippen LogP contribution in [0.15, 0.2) is 42.6 Å². The highest BCUT2D eigenvalue weighted by Gasteiger charge is 2.46. The van der Waals surface area contributed by atoms with Gasteiger partial charge in [-0.25, -0.2) is 14.0 Å². The van der Waals surface area contributed by atoms with Gasteiger partial charge >= 0.3 is 12.1 Å². The number of amides is 2. The van der Waals surface area contributed by atoms with Crippen LogP contribution in [0.1, 0.15) is 52.9 Å². The number of carboxylic acid groups (broad SMARTS) is 1. The molecule has 2 aliphatic rings. The number of aromatic nitrogens is 1. The predicted molar refractivity (Wildman–Crippen MR) is 137 cm³/mol. The lowest BCUT2D eigenvalue weighted by molar-refractivity contribution is -0.150. The maximum Gasteiger partial charge on any atom is 0.408 e. The summed E-state index contributed by atoms with van der Waals surface area (Å²) >= 11 is 0. The number of alkyl carbamates (subject to hydrolysis) is 1. The molecule has 0 bridgehead atoms. The van der Waals surface area contributed by atoms with Crippen molar-refractivity contribution >= 4 is 18.0 Å². The van der Waals surface area contributed by atoms with Crippen molar-refractivity contribution in [2.45, 2.75) is 77.2 Å². The van der Waals surface area contributed by atoms with Crippen molar-refractivity contribution in [3.05, 3.63) is 48.4 Å². The average Bonchev–Trinajstić information content (AvgIpc) is 3.52. The summed E-state index contributed by atoms with van der Waals surface area (Å²) in [7, 11) is 0. The second kappa shape index (κ2) is 11.4. The molecule has 1 saturated carbocycles. The highest BCUT2D eigenvalue weighted by Crippen LogP contribution is 2.30. The molecule has 10 heteroatoms. The van der Waals surface area contributed by atoms with Gasteiger partial charge in [0.15, 0.2) is 0 Å². The molecule has 3 atom stereocenters. The van der Waals surface area contributed by atoms with E-state index < -0.39 is 41.6 Å². The van der Waals surface area contributed by atoms with Crippen molar-refractivity contribution in [3.8, 4) is 17.0 Å². The van der Waals surface area contributed by atoms with Gasteiger partial charge < -0.3 is 24.8 Å². The van der Waals surface area contributed by atoms with Crippen LogP contribution in [0.5, 0.6) is 5.75 Å². The van der Waals surface area contributed by atoms with E-state index in [2.05, 4.69) is 10.3 Å². The van der Waals surface area contributed by atoms with Gasteiger partial charge in [0.1, 0.15) is 35.9 Å². The molecule has 2 amide bonds. The number of hydrogen-bond donors (Lipinski definition) is 2. The minimum atomic E-state index is -1.15. The van der Waals surface area contributed by atoms with E-state index in [-0.39, 0.29) is 24.9 Å². The first-order chi connectivity index (χ1) is 18.0. The molecule has 2 heterocycles. The topological polar surface area (TPSA) is 118 Å². The molecule has 0 unspecified atom stereocenters. The van der Waals surface area contributed by atoms with Crippen molar-refractivity contribution in [2.75, 3.05) is 6.54 Å². The van der Waals surface area contributed by atoms with E-state index in [9.17, 15) is 23.9 Å². The Labute approximate surface area is 221 Å². The van der Waals surface area contributed by atoms with Gasteiger partial charge in [-0.1, -0.05) is 20.8 Å². The van der Waals surface area contributed by atoms with Gasteiger partial charge in [-0.05, 0) is 61.4 Å². The second-order valence-corrected chi connectivity index (χ2v) is 11.0. The minimum absolute atomic E-state index is 0.0376. The van der Waals surface area contributed by atoms with E-state index in [0.29, 0.717) is 17.0 Å². The van der Waals surface area contributed by atoms with Crippen LogP contribution in [-0.2, 0) is 14.3 Å². The number of aliphatic carboxylic acids is 1. The number of nitrogens with zero attached hydrogens (tertiary/aromatic N) is 2. The van der Waals surface area contributed by atoms with Crippen molar-refractivity contribution < 1.29 is 33.4 Å². The number of pyridine rings is 1. The molecule has 38 heavy (non-hydrogen) atoms. The van der Waals surface area contributed by atoms with Crippen LogP contribution in [0.2, 0.25) is 0 Å². The van der Waals surface area contributed by atoms with E-state index in [1.54, 1.807) is 51.2 Å². The zero-order chi connectivity index (χ0) is 27.4. The summed E-state index contributed by atoms with van der Waals surface area (Å²) in [6, 6.07) is 7.13. The fraction of sp³-hybridized carbons (Fsp3) is 0.500. The molecular weight excluding hydrogens is 493 g/mol. The predicted octanol–water partition coefficient (Wildman–Crippen LogP) is 4.40. The zero-order valence-corrected chi connectivity index (χ0v) is 21.9. The summed E-state index contributed by atoms with van der Waals surface area (Å²) in [5, 5.41) is 12.6. The first-order valence-corrected chi connectivity index (χ1v) is 12.9. The fourth-order valence-electron chi connectivity index (χ4n) is 4.94. The molecule has 1 aliphatic carbocycles. The lowest BCUT2D eigenvalue weighted by Crippen LogP contribution is -2.57. The first-order valence-electron chi connectivity index (χ1n) is 12.9. The Morgan fingerprint density at radius 2 is 1.79 bits per heavy atom. The Kier molecular flexibility index (Phi) is 8.18. The van der Waals surface area contributed by atoms with E-state index in [0.717, 1.165) is 25.7 Å². The number of ether oxygens (including phenoxy) is 2. The number of carbonyl (C=O) groups is 3. The van der Waals surface area contributed by atoms with Gasteiger partial charge in [0, 0.05) is 24.2 Å². The SMILES string of the molecule is CC(C)(C)[C@H](NC(=O)OC1CCCC1)C(=O)N1C[C@H](Oc2ccnc(-c3ccc(F)cc3)c2)C[C@H]1C(=O)O. The average molecular weight is 528 g/mol. The number of hydrogen-bond acceptors (Lipinski definition) is 6. The van der Waals surface area contributed by atoms with Crippen LogP contribution in [-0.4, -0.2) is 63.8 Å². The molecule has 2 aromatic rings. The molecule has 1 aromatic carbocycles. The standard InChI is InChI=1S/C28H34FN3O6/c1-28(2,3)24(31-27(36)38-19-6-4-5-7-19)25(33)32-16-21(15-23(32)26(34)35)37-20-12-13-30-22(14-20)17-8-10-18(29)11-9-17/h8-14,19,21,23-24H,4-7,15-16H2,1-3H3,(H,31,36)(H,34,35)/t21-,23+,24-/m1/s1. The highest BCUT2D eigenvalue weighted by atomic mass is 19.1. The summed E-state index contributed by atoms with van der Waals surface area (Å²) in [4.78, 5) is 43.9. The normalized spacial score (nSPS) is 20.7. The lowest BCUT2D eigenvalue weighted by Gasteiger charge is -2.34. The molecule has 2 N–H and O–H groups in total. The summed E-state index contributed by atoms with van der Waals surface area (Å²) in [6.45, 7) is 5.45. The van der Waals surface area contributed by atoms with Crippen molar-refractivity contribution in [1.82, 2.24) is 15.2 Å². The van der Waals surface area contributed by atoms with Gasteiger partial charge in [0.2, 0.25) is 5.91 Å². The molecule has 0 radical (unpaired) electrons. The number of carbonyl (C=O) groups excluding carboxylic acids is 2. The Balaban J connectivity index is 1.47. The van der Waals surface area contributed by atoms with Crippen LogP contribution >= 0.6 is 0 Å². The monoisotopic (exact) mass is 527 g/mol. The number of carboxylic acids is 1. The summed E-state index contributed by atoms with van der Waals surface area (Å²) in [5.74, 6) is -1.55. The lowest BCUT2D eigenvalue weighted by atomic mass is 9.85. The second-order valence-electron chi connectivity index (χ2n) is 11.0. The summed E-state index contributed by atoms with van der Waals surface area (Å²) in [5.41, 5.74) is 0.580. The Bertz CT molecular complexity index is 1160. The number of nitrogens with one attached hydrogen (secondary N) is 1. The maximum atomic E-state index is 13.6. The molecular formula is C28H34FN3O6. The van der Waals surface area contributed by atoms with Gasteiger partial charge in [-0.15, -0.1) is 0 Å². The van der Waals surface area contributed by atoms with Gasteiger partial charge in [0.25, 0.3) is 0 Å². The number of halogens is 1. The molecule has 4 rings (SSSR count). The third-order valence-corrected chi connectivity index (χ3v) is 6.96. The first kappa shape index (κ1) is 27.3. The minimum Gasteiger partial charge on any atom is -0.488 e. The summed E-state index contributed by atoms with van der Waals surface area (Å²) in [6.07, 6.45) is 3.80. The highest BCUT2D eigenvalue weighted by molar-refractivity contribution is 5.90. The maximum absolute atomic E-state index is 13.6. The summed E-state index contributed by atoms with van der Waals surface area (Å²) < 4.78 is 24.9. The van der Waals surface area contributed by atoms with Gasteiger partial charge in [-0.3, -0.25) is 9.78 Å². The van der Waals surface area contributed by atoms with E-state index >= 15 is 0 Å². The van der Waals surface area contributed by atoms with Gasteiger partial charge in [-0.2, -0.15) is 0 Å². The molecule has 204 valence electrons. The van der Waals surface area contributed by atoms with E-state index in [1.165, 1.54) is 17.0 Å². The van der Waals surface area contributed by atoms with Crippen molar-refractivity contribution in [1.29, 1.82) is 0 Å². The van der Waals surface area contributed by atoms with E-state index in [1.807, 2.05) is 0 Å². The van der Waals surface area contributed by atoms with Crippen LogP contribution in [0.3, 0.4) is 0 Å². The Hall–Kier alpha value is -3.69. The van der Waals surface area contributed by atoms with Crippen LogP contribution < -0.4 is 10.1 Å². The molecule has 1 aromatic heterocycles. The number of likely N-dealkylation sites (tertiary alicyclic amines) is 1. The quantitative estimate of drug-likeness (QED) is 0.548. The van der Waals surface area contributed by atoms with Crippen LogP contribution in [0.25, 0.3) is 11.3 Å². The van der Waals surface area contributed by atoms with Crippen molar-refractivity contribution in [3.63, 3.8) is 0 Å². The van der Waals surface area contributed by atoms with Crippen LogP contribution in [0, 0.1) is 11.2 Å².